The van der Waals surface area contributed by atoms with Crippen LogP contribution >= 0.6 is 0 Å². The maximum Gasteiger partial charge on any atom is 1.00 e. The Morgan fingerprint density at radius 2 is 1.12 bits per heavy atom. The Morgan fingerprint density at radius 1 is 0.559 bits per heavy atom. The summed E-state index contributed by atoms with van der Waals surface area (Å²) in [6, 6.07) is 29.6. The van der Waals surface area contributed by atoms with Crippen molar-refractivity contribution in [1.82, 2.24) is 0 Å². The van der Waals surface area contributed by atoms with Crippen molar-refractivity contribution < 1.29 is 104 Å². The maximum absolute atomic E-state index is 13.6. The Balaban J connectivity index is 0.00000331. The molecule has 0 atom stereocenters. The zero-order chi connectivity index (χ0) is 40.5. The van der Waals surface area contributed by atoms with Crippen molar-refractivity contribution in [1.29, 1.82) is 0 Å². The summed E-state index contributed by atoms with van der Waals surface area (Å²) in [6.07, 6.45) is 2.04. The number of ketones is 2. The number of nitrogens with one attached hydrogen (secondary N) is 3. The molecule has 2 aliphatic carbocycles. The number of nitrogens with zero attached hydrogens (tertiary/aromatic N) is 2. The summed E-state index contributed by atoms with van der Waals surface area (Å²) in [5.41, 5.74) is 8.02. The Kier molecular flexibility index (Phi) is 14.2. The third kappa shape index (κ3) is 9.77. The van der Waals surface area contributed by atoms with Gasteiger partial charge in [-0.1, -0.05) is 54.6 Å². The van der Waals surface area contributed by atoms with E-state index in [2.05, 4.69) is 26.4 Å². The molecule has 0 saturated heterocycles. The van der Waals surface area contributed by atoms with Crippen molar-refractivity contribution in [2.75, 3.05) is 30.4 Å². The second-order valence-electron chi connectivity index (χ2n) is 12.4. The van der Waals surface area contributed by atoms with E-state index < -0.39 is 47.3 Å². The van der Waals surface area contributed by atoms with E-state index in [0.29, 0.717) is 22.5 Å². The van der Waals surface area contributed by atoms with Gasteiger partial charge in [-0.2, -0.15) is 10.2 Å². The molecule has 19 heteroatoms. The average molecular weight is 850 g/mol. The molecule has 0 radical (unpaired) electrons. The summed E-state index contributed by atoms with van der Waals surface area (Å²) in [6.45, 7) is 0. The second kappa shape index (κ2) is 18.6. The van der Waals surface area contributed by atoms with Crippen molar-refractivity contribution in [2.45, 2.75) is 0 Å². The zero-order valence-electron chi connectivity index (χ0n) is 31.8. The SMILES string of the molecule is COc1cc(-c2ccc(N/N=C3\C(=O)c4ccc(Nc5ccccc5)cc4C=C3S(=O)(=O)[O-])c(OC)c2)ccc1N/N=C1\C=C(S(=O)(=O)[O-])c2ccccc2C1=O.[Na+].[Na+]. The predicted molar refractivity (Wildman–Crippen MR) is 214 cm³/mol. The number of rotatable bonds is 11. The molecule has 0 amide bonds. The van der Waals surface area contributed by atoms with Crippen LogP contribution in [0.4, 0.5) is 22.7 Å². The van der Waals surface area contributed by atoms with Gasteiger partial charge < -0.3 is 23.9 Å². The van der Waals surface area contributed by atoms with Crippen LogP contribution in [0, 0.1) is 0 Å². The Labute approximate surface area is 383 Å². The molecule has 5 aromatic carbocycles. The average Bonchev–Trinajstić information content (AvgIpc) is 3.19. The molecule has 0 saturated carbocycles. The molecule has 0 aromatic heterocycles. The van der Waals surface area contributed by atoms with Crippen molar-refractivity contribution in [3.63, 3.8) is 0 Å². The van der Waals surface area contributed by atoms with E-state index in [0.717, 1.165) is 17.8 Å². The van der Waals surface area contributed by atoms with Gasteiger partial charge in [0.25, 0.3) is 0 Å². The van der Waals surface area contributed by atoms with Crippen LogP contribution in [0.15, 0.2) is 130 Å². The number of fused-ring (bicyclic) bond motifs is 2. The number of methoxy groups -OCH3 is 2. The van der Waals surface area contributed by atoms with E-state index in [9.17, 15) is 35.5 Å². The molecule has 2 aliphatic rings. The number of para-hydroxylation sites is 1. The maximum atomic E-state index is 13.6. The molecule has 0 fully saturated rings. The van der Waals surface area contributed by atoms with E-state index in [1.54, 1.807) is 54.6 Å². The van der Waals surface area contributed by atoms with Crippen LogP contribution in [0.2, 0.25) is 0 Å². The molecule has 59 heavy (non-hydrogen) atoms. The Bertz CT molecular complexity index is 2850. The molecule has 5 aromatic rings. The number of anilines is 4. The molecule has 3 N–H and O–H groups in total. The van der Waals surface area contributed by atoms with Gasteiger partial charge in [-0.25, -0.2) is 16.8 Å². The molecule has 0 heterocycles. The van der Waals surface area contributed by atoms with Crippen LogP contribution in [0.3, 0.4) is 0 Å². The first-order chi connectivity index (χ1) is 27.2. The first kappa shape index (κ1) is 45.2. The fourth-order valence-electron chi connectivity index (χ4n) is 6.15. The van der Waals surface area contributed by atoms with Crippen molar-refractivity contribution in [2.24, 2.45) is 10.2 Å². The Hall–Kier alpha value is -4.92. The van der Waals surface area contributed by atoms with Gasteiger partial charge in [-0.15, -0.1) is 0 Å². The van der Waals surface area contributed by atoms with Gasteiger partial charge in [-0.05, 0) is 83.4 Å². The number of hydrazone groups is 2. The second-order valence-corrected chi connectivity index (χ2v) is 15.1. The number of ether oxygens (including phenoxy) is 2. The summed E-state index contributed by atoms with van der Waals surface area (Å²) in [4.78, 5) is 25.3. The number of Topliss-reactive ketones (excluding diaryl/α,β-unsaturated/α-hetero) is 2. The normalized spacial score (nSPS) is 14.8. The number of benzene rings is 5. The van der Waals surface area contributed by atoms with Gasteiger partial charge in [0.15, 0.2) is 0 Å². The minimum Gasteiger partial charge on any atom is -0.744 e. The topological polar surface area (TPSA) is 228 Å². The van der Waals surface area contributed by atoms with Crippen molar-refractivity contribution >= 4 is 77.0 Å². The zero-order valence-corrected chi connectivity index (χ0v) is 37.5. The summed E-state index contributed by atoms with van der Waals surface area (Å²) in [7, 11) is -7.27. The van der Waals surface area contributed by atoms with E-state index in [1.165, 1.54) is 38.5 Å². The number of allylic oxidation sites excluding steroid dienone is 2. The quantitative estimate of drug-likeness (QED) is 0.0920. The first-order valence-electron chi connectivity index (χ1n) is 16.8. The molecule has 0 spiro atoms. The molecular formula is C40H29N5Na2O10S2. The van der Waals surface area contributed by atoms with Gasteiger partial charge in [0.05, 0.1) is 35.4 Å². The smallest absolute Gasteiger partial charge is 0.744 e. The minimum absolute atomic E-state index is 0. The number of hydrogen-bond donors (Lipinski definition) is 3. The fourth-order valence-corrected chi connectivity index (χ4v) is 7.50. The number of hydrogen-bond acceptors (Lipinski definition) is 15. The molecule has 15 nitrogen and oxygen atoms in total. The summed E-state index contributed by atoms with van der Waals surface area (Å²) < 4.78 is 84.2. The molecule has 0 unspecified atom stereocenters. The first-order valence-corrected chi connectivity index (χ1v) is 19.6. The molecule has 7 rings (SSSR count). The van der Waals surface area contributed by atoms with Crippen LogP contribution < -0.4 is 84.8 Å². The number of carbonyl (C=O) groups excluding carboxylic acids is 2. The van der Waals surface area contributed by atoms with Gasteiger partial charge in [0.1, 0.15) is 43.2 Å². The van der Waals surface area contributed by atoms with Crippen LogP contribution in [0.1, 0.15) is 31.8 Å². The van der Waals surface area contributed by atoms with Gasteiger partial charge in [0, 0.05) is 28.1 Å². The summed E-state index contributed by atoms with van der Waals surface area (Å²) >= 11 is 0. The van der Waals surface area contributed by atoms with Crippen LogP contribution in [0.25, 0.3) is 22.1 Å². The van der Waals surface area contributed by atoms with E-state index >= 15 is 0 Å². The monoisotopic (exact) mass is 849 g/mol. The van der Waals surface area contributed by atoms with Crippen molar-refractivity contribution in [3.8, 4) is 22.6 Å². The molecule has 0 bridgehead atoms. The van der Waals surface area contributed by atoms with Crippen LogP contribution in [-0.4, -0.2) is 63.2 Å². The third-order valence-corrected chi connectivity index (χ3v) is 10.6. The van der Waals surface area contributed by atoms with Gasteiger partial charge in [0.2, 0.25) is 11.6 Å². The fraction of sp³-hybridized carbons (Fsp3) is 0.0500. The van der Waals surface area contributed by atoms with E-state index in [1.807, 2.05) is 30.3 Å². The molecule has 288 valence electrons. The predicted octanol–water partition coefficient (Wildman–Crippen LogP) is 0.223. The number of carbonyl (C=O) groups is 2. The van der Waals surface area contributed by atoms with Gasteiger partial charge in [-0.3, -0.25) is 20.4 Å². The molecular weight excluding hydrogens is 821 g/mol. The van der Waals surface area contributed by atoms with E-state index in [-0.39, 0.29) is 104 Å². The summed E-state index contributed by atoms with van der Waals surface area (Å²) in [5.74, 6) is -0.831. The molecule has 0 aliphatic heterocycles. The van der Waals surface area contributed by atoms with Crippen LogP contribution in [0.5, 0.6) is 11.5 Å². The largest absolute Gasteiger partial charge is 1.00 e. The van der Waals surface area contributed by atoms with E-state index in [4.69, 9.17) is 9.47 Å². The minimum atomic E-state index is -5.14. The third-order valence-electron chi connectivity index (χ3n) is 8.89. The van der Waals surface area contributed by atoms with Crippen molar-refractivity contribution in [3.05, 3.63) is 142 Å². The van der Waals surface area contributed by atoms with Gasteiger partial charge >= 0.3 is 59.1 Å². The summed E-state index contributed by atoms with van der Waals surface area (Å²) in [5, 5.41) is 11.3. The Morgan fingerprint density at radius 3 is 1.69 bits per heavy atom. The standard InChI is InChI=1S/C40H31N5O10S2.2Na/c1-54-34-19-23(12-16-31(34)42-44-33-22-36(56(48,49)50)29-10-6-7-11-30(29)39(33)46)24-13-17-32(35(20-24)55-2)43-45-38-37(57(51,52)53)21-25-18-27(14-15-28(25)40(38)47)41-26-8-4-3-5-9-26;;/h3-22,41-43H,1-2H3,(H,48,49,50)(H,51,52,53);;/q;2*+1/p-2/b44-33+,45-38-;;. The van der Waals surface area contributed by atoms with Crippen LogP contribution in [-0.2, 0) is 20.2 Å².